The monoisotopic (exact) mass is 501 g/mol. The van der Waals surface area contributed by atoms with Crippen LogP contribution in [-0.2, 0) is 6.18 Å². The fraction of sp³-hybridized carbons (Fsp3) is 0.292. The summed E-state index contributed by atoms with van der Waals surface area (Å²) in [6.07, 6.45) is 1.74. The molecular weight excluding hydrogens is 479 g/mol. The van der Waals surface area contributed by atoms with Crippen molar-refractivity contribution in [2.24, 2.45) is 4.99 Å². The van der Waals surface area contributed by atoms with Crippen LogP contribution in [-0.4, -0.2) is 52.4 Å². The average molecular weight is 502 g/mol. The van der Waals surface area contributed by atoms with Crippen molar-refractivity contribution in [3.05, 3.63) is 52.5 Å². The number of pyridine rings is 1. The summed E-state index contributed by atoms with van der Waals surface area (Å²) >= 11 is 1.03. The van der Waals surface area contributed by atoms with Crippen LogP contribution in [0.15, 0.2) is 41.5 Å². The Labute approximate surface area is 203 Å². The lowest BCUT2D eigenvalue weighted by Gasteiger charge is -2.29. The molecule has 0 bridgehead atoms. The summed E-state index contributed by atoms with van der Waals surface area (Å²) in [7, 11) is 2.01. The predicted molar refractivity (Wildman–Crippen MR) is 130 cm³/mol. The van der Waals surface area contributed by atoms with E-state index in [1.165, 1.54) is 12.1 Å². The van der Waals surface area contributed by atoms with Crippen molar-refractivity contribution in [1.29, 1.82) is 0 Å². The number of aliphatic imine (C=N–C) groups is 1. The number of benzene rings is 1. The van der Waals surface area contributed by atoms with Crippen LogP contribution in [0.3, 0.4) is 0 Å². The summed E-state index contributed by atoms with van der Waals surface area (Å²) < 4.78 is 47.4. The number of aromatic hydroxyl groups is 1. The maximum atomic E-state index is 13.9. The standard InChI is InChI=1S/C24H22F3N5O2S/c1-32-9-6-15(7-10-32)34-16-4-5-19(18(12-16)24(25,26)27)30-23-31-22(33)20(35-23)11-14-13-29-21-17(14)3-2-8-28-21/h2-5,8,11-13,15,33H,6-7,9-10H2,1H3,(H,30,31). The summed E-state index contributed by atoms with van der Waals surface area (Å²) in [5.41, 5.74) is 0.498. The van der Waals surface area contributed by atoms with Crippen LogP contribution in [0.2, 0.25) is 0 Å². The van der Waals surface area contributed by atoms with E-state index in [0.29, 0.717) is 10.7 Å². The number of alkyl halides is 3. The minimum atomic E-state index is -4.60. The Bertz CT molecular complexity index is 1300. The molecule has 182 valence electrons. The van der Waals surface area contributed by atoms with Gasteiger partial charge >= 0.3 is 6.18 Å². The number of anilines is 2. The van der Waals surface area contributed by atoms with Gasteiger partial charge in [0.05, 0.1) is 16.1 Å². The molecule has 3 aromatic rings. The lowest BCUT2D eigenvalue weighted by atomic mass is 10.1. The highest BCUT2D eigenvalue weighted by atomic mass is 32.1. The number of allylic oxidation sites excluding steroid dienone is 1. The third-order valence-electron chi connectivity index (χ3n) is 5.85. The molecule has 2 N–H and O–H groups in total. The number of rotatable bonds is 5. The zero-order chi connectivity index (χ0) is 24.6. The van der Waals surface area contributed by atoms with Crippen LogP contribution in [0.4, 0.5) is 29.8 Å². The van der Waals surface area contributed by atoms with Crippen LogP contribution < -0.4 is 10.1 Å². The predicted octanol–water partition coefficient (Wildman–Crippen LogP) is 5.74. The lowest BCUT2D eigenvalue weighted by molar-refractivity contribution is -0.137. The zero-order valence-corrected chi connectivity index (χ0v) is 19.5. The molecule has 5 rings (SSSR count). The van der Waals surface area contributed by atoms with E-state index in [-0.39, 0.29) is 28.6 Å². The summed E-state index contributed by atoms with van der Waals surface area (Å²) in [6, 6.07) is 7.49. The van der Waals surface area contributed by atoms with Gasteiger partial charge in [0.25, 0.3) is 0 Å². The molecule has 1 fully saturated rings. The Morgan fingerprint density at radius 2 is 2.03 bits per heavy atom. The van der Waals surface area contributed by atoms with Gasteiger partial charge in [-0.25, -0.2) is 9.98 Å². The van der Waals surface area contributed by atoms with Gasteiger partial charge in [-0.1, -0.05) is 11.3 Å². The Hall–Kier alpha value is -3.44. The van der Waals surface area contributed by atoms with E-state index in [0.717, 1.165) is 54.5 Å². The van der Waals surface area contributed by atoms with Gasteiger partial charge in [-0.05, 0) is 56.3 Å². The third kappa shape index (κ3) is 5.15. The Kier molecular flexibility index (Phi) is 6.20. The van der Waals surface area contributed by atoms with E-state index in [2.05, 4.69) is 25.2 Å². The van der Waals surface area contributed by atoms with Crippen molar-refractivity contribution in [1.82, 2.24) is 14.9 Å². The molecule has 2 aromatic heterocycles. The summed E-state index contributed by atoms with van der Waals surface area (Å²) in [6.45, 7) is 1.69. The molecule has 7 nitrogen and oxygen atoms in total. The van der Waals surface area contributed by atoms with Gasteiger partial charge in [-0.15, -0.1) is 0 Å². The maximum Gasteiger partial charge on any atom is 0.418 e. The van der Waals surface area contributed by atoms with E-state index >= 15 is 0 Å². The molecule has 0 radical (unpaired) electrons. The van der Waals surface area contributed by atoms with Crippen molar-refractivity contribution < 1.29 is 23.0 Å². The quantitative estimate of drug-likeness (QED) is 0.464. The first kappa shape index (κ1) is 23.3. The number of likely N-dealkylation sites (tertiary alicyclic amines) is 1. The molecule has 1 aromatic carbocycles. The molecule has 2 aliphatic heterocycles. The van der Waals surface area contributed by atoms with Crippen molar-refractivity contribution >= 4 is 45.8 Å². The van der Waals surface area contributed by atoms with Crippen molar-refractivity contribution in [2.45, 2.75) is 25.1 Å². The number of halogens is 3. The fourth-order valence-electron chi connectivity index (χ4n) is 4.00. The normalized spacial score (nSPS) is 17.7. The van der Waals surface area contributed by atoms with Crippen molar-refractivity contribution in [3.63, 3.8) is 0 Å². The first-order valence-corrected chi connectivity index (χ1v) is 11.8. The Balaban J connectivity index is 1.37. The van der Waals surface area contributed by atoms with E-state index < -0.39 is 11.7 Å². The van der Waals surface area contributed by atoms with Gasteiger partial charge in [0.15, 0.2) is 10.9 Å². The summed E-state index contributed by atoms with van der Waals surface area (Å²) in [4.78, 5) is 14.9. The highest BCUT2D eigenvalue weighted by molar-refractivity contribution is 7.16. The number of ether oxygens (including phenoxy) is 1. The average Bonchev–Trinajstić information content (AvgIpc) is 3.39. The SMILES string of the molecule is CN1CCC(Oc2ccc(Nc3nc(O)c(C=C4C=Nc5ncccc54)s3)c(C(F)(F)F)c2)CC1. The first-order chi connectivity index (χ1) is 16.8. The molecule has 1 saturated heterocycles. The molecule has 0 atom stereocenters. The Morgan fingerprint density at radius 1 is 1.23 bits per heavy atom. The summed E-state index contributed by atoms with van der Waals surface area (Å²) in [5, 5.41) is 13.1. The zero-order valence-electron chi connectivity index (χ0n) is 18.7. The molecule has 35 heavy (non-hydrogen) atoms. The second-order valence-corrected chi connectivity index (χ2v) is 9.42. The van der Waals surface area contributed by atoms with Crippen LogP contribution in [0.5, 0.6) is 11.6 Å². The molecule has 0 saturated carbocycles. The topological polar surface area (TPSA) is 82.9 Å². The third-order valence-corrected chi connectivity index (χ3v) is 6.76. The van der Waals surface area contributed by atoms with E-state index in [9.17, 15) is 18.3 Å². The maximum absolute atomic E-state index is 13.9. The van der Waals surface area contributed by atoms with Crippen molar-refractivity contribution in [3.8, 4) is 11.6 Å². The lowest BCUT2D eigenvalue weighted by Crippen LogP contribution is -2.35. The first-order valence-electron chi connectivity index (χ1n) is 11.0. The molecular formula is C24H22F3N5O2S. The fourth-order valence-corrected chi connectivity index (χ4v) is 4.83. The van der Waals surface area contributed by atoms with Gasteiger partial charge in [-0.3, -0.25) is 0 Å². The number of hydrogen-bond acceptors (Lipinski definition) is 8. The minimum absolute atomic E-state index is 0.114. The second kappa shape index (κ2) is 9.31. The van der Waals surface area contributed by atoms with Gasteiger partial charge < -0.3 is 20.1 Å². The number of piperidine rings is 1. The number of fused-ring (bicyclic) bond motifs is 1. The minimum Gasteiger partial charge on any atom is -0.492 e. The molecule has 0 unspecified atom stereocenters. The van der Waals surface area contributed by atoms with Gasteiger partial charge in [0.1, 0.15) is 11.9 Å². The van der Waals surface area contributed by atoms with E-state index in [4.69, 9.17) is 4.74 Å². The van der Waals surface area contributed by atoms with Crippen LogP contribution in [0, 0.1) is 0 Å². The number of aromatic nitrogens is 2. The van der Waals surface area contributed by atoms with Gasteiger partial charge in [0.2, 0.25) is 5.88 Å². The largest absolute Gasteiger partial charge is 0.492 e. The van der Waals surface area contributed by atoms with E-state index in [1.807, 2.05) is 13.1 Å². The summed E-state index contributed by atoms with van der Waals surface area (Å²) in [5.74, 6) is 0.461. The van der Waals surface area contributed by atoms with Gasteiger partial charge in [0, 0.05) is 36.6 Å². The molecule has 0 spiro atoms. The van der Waals surface area contributed by atoms with Gasteiger partial charge in [-0.2, -0.15) is 18.2 Å². The highest BCUT2D eigenvalue weighted by Gasteiger charge is 2.35. The smallest absolute Gasteiger partial charge is 0.418 e. The number of nitrogens with zero attached hydrogens (tertiary/aromatic N) is 4. The number of nitrogens with one attached hydrogen (secondary N) is 1. The van der Waals surface area contributed by atoms with Crippen LogP contribution in [0.1, 0.15) is 28.8 Å². The van der Waals surface area contributed by atoms with E-state index in [1.54, 1.807) is 24.6 Å². The molecule has 4 heterocycles. The molecule has 0 amide bonds. The number of thiazole rings is 1. The van der Waals surface area contributed by atoms with Crippen LogP contribution >= 0.6 is 11.3 Å². The molecule has 2 aliphatic rings. The Morgan fingerprint density at radius 3 is 2.80 bits per heavy atom. The highest BCUT2D eigenvalue weighted by Crippen LogP contribution is 2.41. The van der Waals surface area contributed by atoms with Crippen LogP contribution in [0.25, 0.3) is 11.6 Å². The van der Waals surface area contributed by atoms with Crippen molar-refractivity contribution in [2.75, 3.05) is 25.5 Å². The molecule has 0 aliphatic carbocycles. The number of hydrogen-bond donors (Lipinski definition) is 2. The molecule has 11 heteroatoms. The second-order valence-electron chi connectivity index (χ2n) is 8.39.